The van der Waals surface area contributed by atoms with Crippen LogP contribution in [0.25, 0.3) is 0 Å². The monoisotopic (exact) mass is 143 g/mol. The number of nitrogens with one attached hydrogen (secondary N) is 1. The van der Waals surface area contributed by atoms with Gasteiger partial charge in [-0.15, -0.1) is 0 Å². The summed E-state index contributed by atoms with van der Waals surface area (Å²) in [6, 6.07) is 0. The maximum Gasteiger partial charge on any atom is 0.0707 e. The van der Waals surface area contributed by atoms with Gasteiger partial charge in [0, 0.05) is 18.5 Å². The lowest BCUT2D eigenvalue weighted by Gasteiger charge is -2.28. The van der Waals surface area contributed by atoms with E-state index in [0.29, 0.717) is 6.10 Å². The van der Waals surface area contributed by atoms with Gasteiger partial charge in [0.05, 0.1) is 19.3 Å². The molecule has 3 heteroatoms. The van der Waals surface area contributed by atoms with Crippen molar-refractivity contribution in [3.05, 3.63) is 0 Å². The van der Waals surface area contributed by atoms with Crippen LogP contribution in [0.1, 0.15) is 6.42 Å². The van der Waals surface area contributed by atoms with Gasteiger partial charge in [-0.2, -0.15) is 0 Å². The average molecular weight is 143 g/mol. The quantitative estimate of drug-likeness (QED) is 0.513. The molecule has 2 aliphatic rings. The fourth-order valence-corrected chi connectivity index (χ4v) is 1.81. The third-order valence-electron chi connectivity index (χ3n) is 2.49. The maximum atomic E-state index is 9.05. The van der Waals surface area contributed by atoms with Crippen LogP contribution in [0.4, 0.5) is 0 Å². The van der Waals surface area contributed by atoms with Gasteiger partial charge >= 0.3 is 0 Å². The van der Waals surface area contributed by atoms with Crippen LogP contribution in [-0.4, -0.2) is 37.5 Å². The van der Waals surface area contributed by atoms with Gasteiger partial charge in [0.25, 0.3) is 0 Å². The minimum atomic E-state index is 0.0584. The van der Waals surface area contributed by atoms with Crippen molar-refractivity contribution in [3.8, 4) is 0 Å². The molecule has 2 bridgehead atoms. The van der Waals surface area contributed by atoms with E-state index in [-0.39, 0.29) is 12.0 Å². The lowest BCUT2D eigenvalue weighted by atomic mass is 9.84. The summed E-state index contributed by atoms with van der Waals surface area (Å²) >= 11 is 0. The number of fused-ring (bicyclic) bond motifs is 2. The molecule has 2 N–H and O–H groups in total. The Hall–Kier alpha value is -0.120. The summed E-state index contributed by atoms with van der Waals surface area (Å²) < 4.78 is 5.45. The molecule has 0 aromatic carbocycles. The van der Waals surface area contributed by atoms with Crippen LogP contribution < -0.4 is 5.32 Å². The van der Waals surface area contributed by atoms with Crippen molar-refractivity contribution >= 4 is 0 Å². The van der Waals surface area contributed by atoms with E-state index >= 15 is 0 Å². The smallest absolute Gasteiger partial charge is 0.0707 e. The summed E-state index contributed by atoms with van der Waals surface area (Å²) in [6.07, 6.45) is 1.40. The van der Waals surface area contributed by atoms with E-state index in [9.17, 15) is 0 Å². The van der Waals surface area contributed by atoms with Gasteiger partial charge in [-0.25, -0.2) is 0 Å². The van der Waals surface area contributed by atoms with E-state index < -0.39 is 0 Å². The normalized spacial score (nSPS) is 45.9. The zero-order valence-electron chi connectivity index (χ0n) is 5.97. The highest BCUT2D eigenvalue weighted by molar-refractivity contribution is 4.94. The van der Waals surface area contributed by atoms with Crippen molar-refractivity contribution < 1.29 is 9.84 Å². The first-order valence-corrected chi connectivity index (χ1v) is 3.78. The number of hydrogen-bond donors (Lipinski definition) is 2. The molecule has 0 radical (unpaired) electrons. The summed E-state index contributed by atoms with van der Waals surface area (Å²) in [5.74, 6) is 0. The van der Waals surface area contributed by atoms with Gasteiger partial charge in [-0.3, -0.25) is 0 Å². The second-order valence-corrected chi connectivity index (χ2v) is 3.43. The van der Waals surface area contributed by atoms with Crippen molar-refractivity contribution in [1.29, 1.82) is 0 Å². The molecule has 0 aromatic rings. The van der Waals surface area contributed by atoms with E-state index in [0.717, 1.165) is 26.1 Å². The van der Waals surface area contributed by atoms with Gasteiger partial charge in [0.2, 0.25) is 0 Å². The van der Waals surface area contributed by atoms with Crippen LogP contribution >= 0.6 is 0 Å². The Labute approximate surface area is 60.4 Å². The molecule has 2 rings (SSSR count). The van der Waals surface area contributed by atoms with Crippen LogP contribution in [0.2, 0.25) is 0 Å². The molecule has 58 valence electrons. The molecule has 0 aliphatic carbocycles. The fourth-order valence-electron chi connectivity index (χ4n) is 1.81. The third kappa shape index (κ3) is 0.856. The molecule has 0 saturated carbocycles. The first kappa shape index (κ1) is 6.58. The molecule has 2 atom stereocenters. The summed E-state index contributed by atoms with van der Waals surface area (Å²) in [6.45, 7) is 2.87. The predicted octanol–water partition coefficient (Wildman–Crippen LogP) is -0.643. The van der Waals surface area contributed by atoms with Crippen molar-refractivity contribution in [2.45, 2.75) is 12.5 Å². The second-order valence-electron chi connectivity index (χ2n) is 3.43. The topological polar surface area (TPSA) is 41.5 Å². The Morgan fingerprint density at radius 1 is 1.70 bits per heavy atom. The average Bonchev–Trinajstić information content (AvgIpc) is 2.29. The number of hydrogen-bond acceptors (Lipinski definition) is 3. The van der Waals surface area contributed by atoms with Gasteiger partial charge in [0.1, 0.15) is 0 Å². The first-order chi connectivity index (χ1) is 4.85. The largest absolute Gasteiger partial charge is 0.396 e. The standard InChI is InChI=1S/C7H13NO2/c9-4-7-1-6(10-5-7)2-8-3-7/h6,8-9H,1-5H2. The van der Waals surface area contributed by atoms with E-state index in [1.807, 2.05) is 0 Å². The van der Waals surface area contributed by atoms with Crippen molar-refractivity contribution in [3.63, 3.8) is 0 Å². The molecule has 2 unspecified atom stereocenters. The fraction of sp³-hybridized carbons (Fsp3) is 1.00. The number of piperidine rings is 1. The van der Waals surface area contributed by atoms with E-state index in [1.54, 1.807) is 0 Å². The Balaban J connectivity index is 2.10. The number of aliphatic hydroxyl groups excluding tert-OH is 1. The van der Waals surface area contributed by atoms with Crippen molar-refractivity contribution in [2.24, 2.45) is 5.41 Å². The zero-order chi connectivity index (χ0) is 7.03. The van der Waals surface area contributed by atoms with Crippen LogP contribution in [0.3, 0.4) is 0 Å². The summed E-state index contributed by atoms with van der Waals surface area (Å²) in [4.78, 5) is 0. The van der Waals surface area contributed by atoms with Gasteiger partial charge in [-0.05, 0) is 6.42 Å². The Morgan fingerprint density at radius 3 is 3.30 bits per heavy atom. The minimum Gasteiger partial charge on any atom is -0.396 e. The highest BCUT2D eigenvalue weighted by Crippen LogP contribution is 2.33. The zero-order valence-corrected chi connectivity index (χ0v) is 5.97. The second kappa shape index (κ2) is 2.19. The lowest BCUT2D eigenvalue weighted by Crippen LogP contribution is -2.44. The molecule has 10 heavy (non-hydrogen) atoms. The summed E-state index contributed by atoms with van der Waals surface area (Å²) in [5, 5.41) is 12.3. The van der Waals surface area contributed by atoms with Crippen LogP contribution in [0.15, 0.2) is 0 Å². The summed E-state index contributed by atoms with van der Waals surface area (Å²) in [5.41, 5.74) is 0.0584. The Bertz CT molecular complexity index is 136. The molecule has 0 aromatic heterocycles. The lowest BCUT2D eigenvalue weighted by molar-refractivity contribution is 0.0933. The van der Waals surface area contributed by atoms with Crippen LogP contribution in [-0.2, 0) is 4.74 Å². The first-order valence-electron chi connectivity index (χ1n) is 3.78. The number of aliphatic hydroxyl groups is 1. The molecule has 3 nitrogen and oxygen atoms in total. The number of ether oxygens (including phenoxy) is 1. The maximum absolute atomic E-state index is 9.05. The third-order valence-corrected chi connectivity index (χ3v) is 2.49. The highest BCUT2D eigenvalue weighted by Gasteiger charge is 2.42. The molecule has 2 fully saturated rings. The van der Waals surface area contributed by atoms with Crippen LogP contribution in [0.5, 0.6) is 0 Å². The van der Waals surface area contributed by atoms with Gasteiger partial charge < -0.3 is 15.2 Å². The molecule has 2 saturated heterocycles. The molecular weight excluding hydrogens is 130 g/mol. The van der Waals surface area contributed by atoms with E-state index in [4.69, 9.17) is 9.84 Å². The van der Waals surface area contributed by atoms with Crippen LogP contribution in [0, 0.1) is 5.41 Å². The minimum absolute atomic E-state index is 0.0584. The number of rotatable bonds is 1. The van der Waals surface area contributed by atoms with E-state index in [1.165, 1.54) is 0 Å². The van der Waals surface area contributed by atoms with Crippen molar-refractivity contribution in [1.82, 2.24) is 5.32 Å². The molecule has 2 heterocycles. The van der Waals surface area contributed by atoms with Gasteiger partial charge in [0.15, 0.2) is 0 Å². The summed E-state index contributed by atoms with van der Waals surface area (Å²) in [7, 11) is 0. The Morgan fingerprint density at radius 2 is 2.60 bits per heavy atom. The SMILES string of the molecule is OCC12CNCC(C1)OC2. The van der Waals surface area contributed by atoms with Gasteiger partial charge in [-0.1, -0.05) is 0 Å². The predicted molar refractivity (Wildman–Crippen MR) is 36.7 cm³/mol. The molecular formula is C7H13NO2. The van der Waals surface area contributed by atoms with E-state index in [2.05, 4.69) is 5.32 Å². The molecule has 0 amide bonds. The molecule has 2 aliphatic heterocycles. The van der Waals surface area contributed by atoms with Crippen molar-refractivity contribution in [2.75, 3.05) is 26.3 Å². The Kier molecular flexibility index (Phi) is 1.44. The highest BCUT2D eigenvalue weighted by atomic mass is 16.5. The molecule has 0 spiro atoms.